The van der Waals surface area contributed by atoms with Gasteiger partial charge in [-0.2, -0.15) is 0 Å². The van der Waals surface area contributed by atoms with E-state index < -0.39 is 17.6 Å². The molecular weight excluding hydrogens is 320 g/mol. The van der Waals surface area contributed by atoms with Crippen LogP contribution in [0.3, 0.4) is 0 Å². The summed E-state index contributed by atoms with van der Waals surface area (Å²) in [4.78, 5) is 35.6. The first-order valence-corrected chi connectivity index (χ1v) is 8.19. The fourth-order valence-electron chi connectivity index (χ4n) is 2.08. The second-order valence-corrected chi connectivity index (χ2v) is 6.63. The third-order valence-corrected chi connectivity index (χ3v) is 3.18. The van der Waals surface area contributed by atoms with Gasteiger partial charge < -0.3 is 15.4 Å². The molecule has 0 saturated carbocycles. The van der Waals surface area contributed by atoms with E-state index in [0.717, 1.165) is 5.56 Å². The number of anilines is 1. The zero-order valence-corrected chi connectivity index (χ0v) is 15.2. The molecule has 136 valence electrons. The van der Waals surface area contributed by atoms with Crippen LogP contribution in [-0.4, -0.2) is 29.4 Å². The highest BCUT2D eigenvalue weighted by Gasteiger charge is 2.25. The van der Waals surface area contributed by atoms with Gasteiger partial charge in [0.25, 0.3) is 0 Å². The number of carbonyl (C=O) groups is 3. The van der Waals surface area contributed by atoms with Crippen LogP contribution in [0.15, 0.2) is 36.9 Å². The van der Waals surface area contributed by atoms with Crippen LogP contribution in [0.2, 0.25) is 0 Å². The standard InChI is InChI=1S/C19H26N2O4/c1-6-15(18(24)25-19(3,4)5)21-17(23)12-13-9-8-10-14(11-13)20-16(22)7-2/h7-11,15H,2,6,12H2,1,3-5H3,(H,20,22)(H,21,23)/t15-/m1/s1. The average Bonchev–Trinajstić information content (AvgIpc) is 2.51. The molecule has 25 heavy (non-hydrogen) atoms. The van der Waals surface area contributed by atoms with Crippen molar-refractivity contribution >= 4 is 23.5 Å². The molecule has 6 heteroatoms. The first kappa shape index (κ1) is 20.4. The number of ether oxygens (including phenoxy) is 1. The lowest BCUT2D eigenvalue weighted by atomic mass is 10.1. The topological polar surface area (TPSA) is 84.5 Å². The first-order valence-electron chi connectivity index (χ1n) is 8.19. The SMILES string of the molecule is C=CC(=O)Nc1cccc(CC(=O)N[C@H](CC)C(=O)OC(C)(C)C)c1. The summed E-state index contributed by atoms with van der Waals surface area (Å²) < 4.78 is 5.31. The van der Waals surface area contributed by atoms with Crippen LogP contribution in [0.5, 0.6) is 0 Å². The third kappa shape index (κ3) is 7.65. The zero-order chi connectivity index (χ0) is 19.0. The average molecular weight is 346 g/mol. The minimum atomic E-state index is -0.685. The summed E-state index contributed by atoms with van der Waals surface area (Å²) in [5.41, 5.74) is 0.695. The number of rotatable bonds is 7. The van der Waals surface area contributed by atoms with Crippen molar-refractivity contribution in [3.63, 3.8) is 0 Å². The quantitative estimate of drug-likeness (QED) is 0.587. The van der Waals surface area contributed by atoms with Gasteiger partial charge in [0.05, 0.1) is 6.42 Å². The van der Waals surface area contributed by atoms with E-state index in [1.807, 2.05) is 0 Å². The summed E-state index contributed by atoms with van der Waals surface area (Å²) in [5.74, 6) is -1.06. The van der Waals surface area contributed by atoms with Gasteiger partial charge >= 0.3 is 5.97 Å². The minimum absolute atomic E-state index is 0.0943. The Morgan fingerprint density at radius 3 is 2.52 bits per heavy atom. The molecule has 0 bridgehead atoms. The molecule has 1 aromatic carbocycles. The van der Waals surface area contributed by atoms with Gasteiger partial charge in [-0.3, -0.25) is 9.59 Å². The van der Waals surface area contributed by atoms with E-state index in [0.29, 0.717) is 12.1 Å². The number of hydrogen-bond donors (Lipinski definition) is 2. The molecular formula is C19H26N2O4. The minimum Gasteiger partial charge on any atom is -0.458 e. The molecule has 1 rings (SSSR count). The second kappa shape index (κ2) is 9.01. The molecule has 0 spiro atoms. The maximum Gasteiger partial charge on any atom is 0.329 e. The van der Waals surface area contributed by atoms with Crippen molar-refractivity contribution in [2.75, 3.05) is 5.32 Å². The molecule has 0 aliphatic rings. The van der Waals surface area contributed by atoms with E-state index in [1.165, 1.54) is 6.08 Å². The van der Waals surface area contributed by atoms with Crippen molar-refractivity contribution < 1.29 is 19.1 Å². The Balaban J connectivity index is 2.69. The highest BCUT2D eigenvalue weighted by molar-refractivity contribution is 5.99. The number of esters is 1. The number of amides is 2. The Morgan fingerprint density at radius 1 is 1.28 bits per heavy atom. The van der Waals surface area contributed by atoms with Gasteiger partial charge in [0.15, 0.2) is 0 Å². The van der Waals surface area contributed by atoms with E-state index in [9.17, 15) is 14.4 Å². The lowest BCUT2D eigenvalue weighted by molar-refractivity contribution is -0.158. The monoisotopic (exact) mass is 346 g/mol. The van der Waals surface area contributed by atoms with Crippen LogP contribution in [0.1, 0.15) is 39.7 Å². The van der Waals surface area contributed by atoms with Crippen LogP contribution in [-0.2, 0) is 25.5 Å². The third-order valence-electron chi connectivity index (χ3n) is 3.18. The van der Waals surface area contributed by atoms with Gasteiger partial charge in [-0.05, 0) is 51.0 Å². The number of hydrogen-bond acceptors (Lipinski definition) is 4. The molecule has 1 atom stereocenters. The Kier molecular flexibility index (Phi) is 7.36. The van der Waals surface area contributed by atoms with E-state index in [-0.39, 0.29) is 18.2 Å². The largest absolute Gasteiger partial charge is 0.458 e. The molecule has 0 fully saturated rings. The maximum absolute atomic E-state index is 12.2. The Bertz CT molecular complexity index is 647. The Morgan fingerprint density at radius 2 is 1.96 bits per heavy atom. The van der Waals surface area contributed by atoms with Gasteiger partial charge in [0.1, 0.15) is 11.6 Å². The van der Waals surface area contributed by atoms with Gasteiger partial charge in [0, 0.05) is 5.69 Å². The van der Waals surface area contributed by atoms with Gasteiger partial charge in [-0.1, -0.05) is 25.6 Å². The first-order chi connectivity index (χ1) is 11.6. The highest BCUT2D eigenvalue weighted by Crippen LogP contribution is 2.12. The van der Waals surface area contributed by atoms with Crippen molar-refractivity contribution in [2.45, 2.75) is 52.2 Å². The smallest absolute Gasteiger partial charge is 0.329 e. The summed E-state index contributed by atoms with van der Waals surface area (Å²) in [7, 11) is 0. The van der Waals surface area contributed by atoms with E-state index >= 15 is 0 Å². The molecule has 0 aliphatic heterocycles. The van der Waals surface area contributed by atoms with Crippen LogP contribution < -0.4 is 10.6 Å². The predicted molar refractivity (Wildman–Crippen MR) is 97.0 cm³/mol. The fraction of sp³-hybridized carbons (Fsp3) is 0.421. The molecule has 0 aromatic heterocycles. The molecule has 0 radical (unpaired) electrons. The fourth-order valence-corrected chi connectivity index (χ4v) is 2.08. The molecule has 6 nitrogen and oxygen atoms in total. The lowest BCUT2D eigenvalue weighted by Gasteiger charge is -2.24. The number of carbonyl (C=O) groups excluding carboxylic acids is 3. The molecule has 0 saturated heterocycles. The van der Waals surface area contributed by atoms with Gasteiger partial charge in [-0.25, -0.2) is 4.79 Å². The predicted octanol–water partition coefficient (Wildman–Crippen LogP) is 2.59. The zero-order valence-electron chi connectivity index (χ0n) is 15.2. The van der Waals surface area contributed by atoms with E-state index in [2.05, 4.69) is 17.2 Å². The van der Waals surface area contributed by atoms with E-state index in [1.54, 1.807) is 52.0 Å². The van der Waals surface area contributed by atoms with Crippen LogP contribution >= 0.6 is 0 Å². The van der Waals surface area contributed by atoms with Crippen molar-refractivity contribution in [2.24, 2.45) is 0 Å². The summed E-state index contributed by atoms with van der Waals surface area (Å²) in [5, 5.41) is 5.33. The molecule has 2 amide bonds. The normalized spacial score (nSPS) is 12.0. The number of benzene rings is 1. The summed E-state index contributed by atoms with van der Waals surface area (Å²) in [6, 6.07) is 6.26. The highest BCUT2D eigenvalue weighted by atomic mass is 16.6. The Hall–Kier alpha value is -2.63. The lowest BCUT2D eigenvalue weighted by Crippen LogP contribution is -2.44. The van der Waals surface area contributed by atoms with Crippen molar-refractivity contribution in [3.05, 3.63) is 42.5 Å². The van der Waals surface area contributed by atoms with Gasteiger partial charge in [-0.15, -0.1) is 0 Å². The molecule has 1 aromatic rings. The maximum atomic E-state index is 12.2. The second-order valence-electron chi connectivity index (χ2n) is 6.63. The van der Waals surface area contributed by atoms with Crippen molar-refractivity contribution in [3.8, 4) is 0 Å². The van der Waals surface area contributed by atoms with Crippen LogP contribution in [0.4, 0.5) is 5.69 Å². The van der Waals surface area contributed by atoms with Crippen LogP contribution in [0, 0.1) is 0 Å². The molecule has 2 N–H and O–H groups in total. The van der Waals surface area contributed by atoms with E-state index in [4.69, 9.17) is 4.74 Å². The molecule has 0 unspecified atom stereocenters. The van der Waals surface area contributed by atoms with Crippen LogP contribution in [0.25, 0.3) is 0 Å². The van der Waals surface area contributed by atoms with Gasteiger partial charge in [0.2, 0.25) is 11.8 Å². The summed E-state index contributed by atoms with van der Waals surface area (Å²) >= 11 is 0. The molecule has 0 heterocycles. The Labute approximate surface area is 148 Å². The summed E-state index contributed by atoms with van der Waals surface area (Å²) in [6.45, 7) is 10.5. The van der Waals surface area contributed by atoms with Crippen molar-refractivity contribution in [1.82, 2.24) is 5.32 Å². The van der Waals surface area contributed by atoms with Crippen molar-refractivity contribution in [1.29, 1.82) is 0 Å². The number of nitrogens with one attached hydrogen (secondary N) is 2. The molecule has 0 aliphatic carbocycles. The summed E-state index contributed by atoms with van der Waals surface area (Å²) in [6.07, 6.45) is 1.71.